The minimum atomic E-state index is -0.485. The predicted octanol–water partition coefficient (Wildman–Crippen LogP) is 3.43. The van der Waals surface area contributed by atoms with Gasteiger partial charge in [-0.2, -0.15) is 0 Å². The molecule has 1 fully saturated rings. The molecule has 1 heterocycles. The maximum Gasteiger partial charge on any atom is 0.270 e. The van der Waals surface area contributed by atoms with Crippen LogP contribution >= 0.6 is 12.2 Å². The van der Waals surface area contributed by atoms with Crippen molar-refractivity contribution in [1.82, 2.24) is 4.90 Å². The molecule has 2 amide bonds. The maximum atomic E-state index is 13.2. The number of hydrogen-bond acceptors (Lipinski definition) is 5. The minimum Gasteiger partial charge on any atom is -0.493 e. The number of anilines is 1. The van der Waals surface area contributed by atoms with Crippen molar-refractivity contribution in [3.8, 4) is 11.5 Å². The first kappa shape index (κ1) is 20.3. The summed E-state index contributed by atoms with van der Waals surface area (Å²) in [6, 6.07) is 14.1. The number of para-hydroxylation sites is 1. The molecule has 0 aliphatic carbocycles. The molecule has 0 spiro atoms. The van der Waals surface area contributed by atoms with Gasteiger partial charge < -0.3 is 9.47 Å². The number of thiocarbonyl (C=S) groups is 1. The largest absolute Gasteiger partial charge is 0.493 e. The Morgan fingerprint density at radius 3 is 2.31 bits per heavy atom. The number of amides is 2. The Morgan fingerprint density at radius 1 is 1.00 bits per heavy atom. The van der Waals surface area contributed by atoms with Crippen LogP contribution in [0.3, 0.4) is 0 Å². The lowest BCUT2D eigenvalue weighted by Gasteiger charge is -2.36. The molecule has 0 atom stereocenters. The smallest absolute Gasteiger partial charge is 0.270 e. The molecule has 1 saturated heterocycles. The Balaban J connectivity index is 2.10. The SMILES string of the molecule is C=CCN1C(=O)/C(=C\c2ccc(OC)c(OC)c2)C(=O)N(c2ccccc2)C1=S. The van der Waals surface area contributed by atoms with Gasteiger partial charge in [0.2, 0.25) is 0 Å². The zero-order chi connectivity index (χ0) is 21.0. The highest BCUT2D eigenvalue weighted by molar-refractivity contribution is 7.80. The molecule has 0 bridgehead atoms. The minimum absolute atomic E-state index is 0.00322. The molecule has 0 N–H and O–H groups in total. The van der Waals surface area contributed by atoms with E-state index in [1.54, 1.807) is 48.5 Å². The molecule has 1 aliphatic rings. The van der Waals surface area contributed by atoms with Crippen molar-refractivity contribution < 1.29 is 19.1 Å². The van der Waals surface area contributed by atoms with Crippen LogP contribution in [0.5, 0.6) is 11.5 Å². The van der Waals surface area contributed by atoms with Gasteiger partial charge in [0.05, 0.1) is 19.9 Å². The van der Waals surface area contributed by atoms with Gasteiger partial charge >= 0.3 is 0 Å². The van der Waals surface area contributed by atoms with Gasteiger partial charge in [-0.05, 0) is 48.1 Å². The lowest BCUT2D eigenvalue weighted by Crippen LogP contribution is -2.56. The van der Waals surface area contributed by atoms with E-state index >= 15 is 0 Å². The summed E-state index contributed by atoms with van der Waals surface area (Å²) in [4.78, 5) is 28.9. The number of methoxy groups -OCH3 is 2. The number of hydrogen-bond donors (Lipinski definition) is 0. The quantitative estimate of drug-likeness (QED) is 0.317. The summed E-state index contributed by atoms with van der Waals surface area (Å²) in [6.07, 6.45) is 3.09. The summed E-state index contributed by atoms with van der Waals surface area (Å²) in [5, 5.41) is 0.121. The van der Waals surface area contributed by atoms with Gasteiger partial charge in [0.15, 0.2) is 16.6 Å². The van der Waals surface area contributed by atoms with Crippen molar-refractivity contribution in [2.75, 3.05) is 25.7 Å². The average molecular weight is 408 g/mol. The van der Waals surface area contributed by atoms with E-state index in [1.807, 2.05) is 6.07 Å². The van der Waals surface area contributed by atoms with Crippen LogP contribution in [0.15, 0.2) is 66.8 Å². The highest BCUT2D eigenvalue weighted by atomic mass is 32.1. The first-order valence-corrected chi connectivity index (χ1v) is 9.22. The predicted molar refractivity (Wildman–Crippen MR) is 116 cm³/mol. The maximum absolute atomic E-state index is 13.2. The standard InChI is InChI=1S/C22H20N2O4S/c1-4-12-23-20(25)17(13-15-10-11-18(27-2)19(14-15)28-3)21(26)24(22(23)29)16-8-6-5-7-9-16/h4-11,13-14H,1,12H2,2-3H3/b17-13+. The van der Waals surface area contributed by atoms with E-state index in [4.69, 9.17) is 21.7 Å². The Bertz CT molecular complexity index is 1000. The van der Waals surface area contributed by atoms with Crippen molar-refractivity contribution >= 4 is 40.9 Å². The Kier molecular flexibility index (Phi) is 6.09. The summed E-state index contributed by atoms with van der Waals surface area (Å²) in [5.74, 6) is 0.0930. The third-order valence-electron chi connectivity index (χ3n) is 4.38. The Morgan fingerprint density at radius 2 is 1.69 bits per heavy atom. The zero-order valence-electron chi connectivity index (χ0n) is 16.1. The van der Waals surface area contributed by atoms with Crippen LogP contribution < -0.4 is 14.4 Å². The number of rotatable bonds is 6. The summed E-state index contributed by atoms with van der Waals surface area (Å²) in [5.41, 5.74) is 1.21. The van der Waals surface area contributed by atoms with Crippen LogP contribution in [0.2, 0.25) is 0 Å². The number of ether oxygens (including phenoxy) is 2. The van der Waals surface area contributed by atoms with E-state index in [0.29, 0.717) is 22.7 Å². The second-order valence-corrected chi connectivity index (χ2v) is 6.50. The van der Waals surface area contributed by atoms with Gasteiger partial charge in [-0.1, -0.05) is 30.3 Å². The van der Waals surface area contributed by atoms with Crippen LogP contribution in [0, 0.1) is 0 Å². The third-order valence-corrected chi connectivity index (χ3v) is 4.78. The number of carbonyl (C=O) groups excluding carboxylic acids is 2. The van der Waals surface area contributed by atoms with Gasteiger partial charge in [-0.3, -0.25) is 19.4 Å². The molecular formula is C22H20N2O4S. The van der Waals surface area contributed by atoms with Gasteiger partial charge in [0.25, 0.3) is 11.8 Å². The number of carbonyl (C=O) groups is 2. The fourth-order valence-corrected chi connectivity index (χ4v) is 3.33. The second kappa shape index (κ2) is 8.70. The summed E-state index contributed by atoms with van der Waals surface area (Å²) in [6.45, 7) is 3.88. The van der Waals surface area contributed by atoms with E-state index in [9.17, 15) is 9.59 Å². The summed E-state index contributed by atoms with van der Waals surface area (Å²) >= 11 is 5.44. The molecule has 148 valence electrons. The molecule has 0 saturated carbocycles. The van der Waals surface area contributed by atoms with Crippen molar-refractivity contribution in [3.05, 3.63) is 72.3 Å². The first-order chi connectivity index (χ1) is 14.0. The highest BCUT2D eigenvalue weighted by Crippen LogP contribution is 2.30. The second-order valence-electron chi connectivity index (χ2n) is 6.14. The van der Waals surface area contributed by atoms with Crippen LogP contribution in [-0.4, -0.2) is 42.6 Å². The molecule has 7 heteroatoms. The molecular weight excluding hydrogens is 388 g/mol. The molecule has 2 aromatic rings. The van der Waals surface area contributed by atoms with E-state index in [1.165, 1.54) is 30.1 Å². The summed E-state index contributed by atoms with van der Waals surface area (Å²) in [7, 11) is 3.06. The van der Waals surface area contributed by atoms with E-state index in [-0.39, 0.29) is 17.2 Å². The lowest BCUT2D eigenvalue weighted by atomic mass is 10.1. The molecule has 0 unspecified atom stereocenters. The van der Waals surface area contributed by atoms with Crippen molar-refractivity contribution in [2.24, 2.45) is 0 Å². The Labute approximate surface area is 174 Å². The van der Waals surface area contributed by atoms with Crippen molar-refractivity contribution in [2.45, 2.75) is 0 Å². The lowest BCUT2D eigenvalue weighted by molar-refractivity contribution is -0.127. The molecule has 0 radical (unpaired) electrons. The highest BCUT2D eigenvalue weighted by Gasteiger charge is 2.39. The van der Waals surface area contributed by atoms with E-state index in [2.05, 4.69) is 6.58 Å². The van der Waals surface area contributed by atoms with Crippen molar-refractivity contribution in [3.63, 3.8) is 0 Å². The fraction of sp³-hybridized carbons (Fsp3) is 0.136. The molecule has 2 aromatic carbocycles. The molecule has 0 aromatic heterocycles. The summed E-state index contributed by atoms with van der Waals surface area (Å²) < 4.78 is 10.5. The fourth-order valence-electron chi connectivity index (χ4n) is 2.98. The Hall–Kier alpha value is -3.45. The van der Waals surface area contributed by atoms with Gasteiger partial charge in [-0.25, -0.2) is 0 Å². The van der Waals surface area contributed by atoms with Gasteiger partial charge in [0, 0.05) is 6.54 Å². The monoisotopic (exact) mass is 408 g/mol. The molecule has 1 aliphatic heterocycles. The molecule has 29 heavy (non-hydrogen) atoms. The van der Waals surface area contributed by atoms with E-state index in [0.717, 1.165) is 0 Å². The van der Waals surface area contributed by atoms with Crippen molar-refractivity contribution in [1.29, 1.82) is 0 Å². The topological polar surface area (TPSA) is 59.1 Å². The van der Waals surface area contributed by atoms with Gasteiger partial charge in [-0.15, -0.1) is 6.58 Å². The van der Waals surface area contributed by atoms with Crippen LogP contribution in [0.1, 0.15) is 5.56 Å². The van der Waals surface area contributed by atoms with E-state index < -0.39 is 11.8 Å². The van der Waals surface area contributed by atoms with Crippen LogP contribution in [0.4, 0.5) is 5.69 Å². The third kappa shape index (κ3) is 3.90. The number of nitrogens with zero attached hydrogens (tertiary/aromatic N) is 2. The van der Waals surface area contributed by atoms with Gasteiger partial charge in [0.1, 0.15) is 5.57 Å². The molecule has 6 nitrogen and oxygen atoms in total. The zero-order valence-corrected chi connectivity index (χ0v) is 16.9. The van der Waals surface area contributed by atoms with Crippen LogP contribution in [-0.2, 0) is 9.59 Å². The number of benzene rings is 2. The normalized spacial score (nSPS) is 15.7. The first-order valence-electron chi connectivity index (χ1n) is 8.81. The molecule has 3 rings (SSSR count). The van der Waals surface area contributed by atoms with Crippen LogP contribution in [0.25, 0.3) is 6.08 Å². The average Bonchev–Trinajstić information content (AvgIpc) is 2.75.